The van der Waals surface area contributed by atoms with Crippen molar-refractivity contribution in [2.24, 2.45) is 0 Å². The van der Waals surface area contributed by atoms with Crippen LogP contribution in [-0.2, 0) is 14.6 Å². The van der Waals surface area contributed by atoms with Gasteiger partial charge in [0.25, 0.3) is 0 Å². The molecule has 0 bridgehead atoms. The standard InChI is InChI=1S/C14H21N3O4S/c1-10-6-12(14(21-3)15-8-10)16-13(18)7-11-9-22(19,20)5-4-17(11)2/h6,8,11H,4-5,7,9H2,1-3H3,(H,16,18). The van der Waals surface area contributed by atoms with Crippen LogP contribution in [0.2, 0.25) is 0 Å². The van der Waals surface area contributed by atoms with Gasteiger partial charge in [-0.05, 0) is 25.6 Å². The van der Waals surface area contributed by atoms with E-state index < -0.39 is 9.84 Å². The van der Waals surface area contributed by atoms with Gasteiger partial charge in [0.05, 0.1) is 18.6 Å². The lowest BCUT2D eigenvalue weighted by molar-refractivity contribution is -0.117. The number of methoxy groups -OCH3 is 1. The fraction of sp³-hybridized carbons (Fsp3) is 0.571. The summed E-state index contributed by atoms with van der Waals surface area (Å²) in [6, 6.07) is 1.47. The minimum Gasteiger partial charge on any atom is -0.480 e. The highest BCUT2D eigenvalue weighted by atomic mass is 32.2. The normalized spacial score (nSPS) is 21.3. The summed E-state index contributed by atoms with van der Waals surface area (Å²) < 4.78 is 28.5. The smallest absolute Gasteiger partial charge is 0.237 e. The molecule has 0 spiro atoms. The predicted octanol–water partition coefficient (Wildman–Crippen LogP) is 0.456. The van der Waals surface area contributed by atoms with Crippen molar-refractivity contribution in [2.45, 2.75) is 19.4 Å². The first-order chi connectivity index (χ1) is 10.3. The first-order valence-electron chi connectivity index (χ1n) is 7.02. The van der Waals surface area contributed by atoms with E-state index in [4.69, 9.17) is 4.74 Å². The molecule has 0 saturated carbocycles. The fourth-order valence-corrected chi connectivity index (χ4v) is 4.10. The molecule has 8 heteroatoms. The number of anilines is 1. The Morgan fingerprint density at radius 2 is 2.27 bits per heavy atom. The molecule has 1 aliphatic rings. The fourth-order valence-electron chi connectivity index (χ4n) is 2.41. The lowest BCUT2D eigenvalue weighted by Crippen LogP contribution is -2.47. The number of ether oxygens (including phenoxy) is 1. The van der Waals surface area contributed by atoms with Gasteiger partial charge >= 0.3 is 0 Å². The van der Waals surface area contributed by atoms with E-state index in [-0.39, 0.29) is 29.9 Å². The van der Waals surface area contributed by atoms with E-state index in [0.29, 0.717) is 18.1 Å². The summed E-state index contributed by atoms with van der Waals surface area (Å²) in [5, 5.41) is 2.75. The first kappa shape index (κ1) is 16.7. The van der Waals surface area contributed by atoms with Crippen LogP contribution in [0.4, 0.5) is 5.69 Å². The summed E-state index contributed by atoms with van der Waals surface area (Å²) in [5.74, 6) is 0.250. The molecule has 1 aromatic heterocycles. The van der Waals surface area contributed by atoms with Gasteiger partial charge in [0.2, 0.25) is 11.8 Å². The number of carbonyl (C=O) groups excluding carboxylic acids is 1. The van der Waals surface area contributed by atoms with Gasteiger partial charge in [0, 0.05) is 25.2 Å². The Morgan fingerprint density at radius 1 is 1.55 bits per heavy atom. The van der Waals surface area contributed by atoms with Crippen molar-refractivity contribution >= 4 is 21.4 Å². The molecule has 1 aromatic rings. The maximum Gasteiger partial charge on any atom is 0.237 e. The second-order valence-electron chi connectivity index (χ2n) is 5.57. The van der Waals surface area contributed by atoms with E-state index in [1.54, 1.807) is 12.3 Å². The van der Waals surface area contributed by atoms with E-state index >= 15 is 0 Å². The third-order valence-corrected chi connectivity index (χ3v) is 5.40. The molecule has 1 amide bonds. The topological polar surface area (TPSA) is 88.6 Å². The lowest BCUT2D eigenvalue weighted by Gasteiger charge is -2.31. The molecule has 1 aliphatic heterocycles. The quantitative estimate of drug-likeness (QED) is 0.864. The van der Waals surface area contributed by atoms with Crippen molar-refractivity contribution in [3.05, 3.63) is 17.8 Å². The van der Waals surface area contributed by atoms with Crippen molar-refractivity contribution in [3.63, 3.8) is 0 Å². The maximum atomic E-state index is 12.2. The Morgan fingerprint density at radius 3 is 2.95 bits per heavy atom. The number of carbonyl (C=O) groups is 1. The van der Waals surface area contributed by atoms with Crippen molar-refractivity contribution in [3.8, 4) is 5.88 Å². The number of nitrogens with zero attached hydrogens (tertiary/aromatic N) is 2. The number of hydrogen-bond donors (Lipinski definition) is 1. The highest BCUT2D eigenvalue weighted by Crippen LogP contribution is 2.23. The Kier molecular flexibility index (Phi) is 5.02. The second kappa shape index (κ2) is 6.62. The van der Waals surface area contributed by atoms with Crippen LogP contribution in [0.5, 0.6) is 5.88 Å². The van der Waals surface area contributed by atoms with E-state index in [1.165, 1.54) is 7.11 Å². The predicted molar refractivity (Wildman–Crippen MR) is 83.8 cm³/mol. The molecular formula is C14H21N3O4S. The molecule has 1 unspecified atom stereocenters. The molecule has 1 fully saturated rings. The van der Waals surface area contributed by atoms with Crippen molar-refractivity contribution < 1.29 is 17.9 Å². The molecular weight excluding hydrogens is 306 g/mol. The number of aryl methyl sites for hydroxylation is 1. The van der Waals surface area contributed by atoms with Gasteiger partial charge in [-0.15, -0.1) is 0 Å². The number of rotatable bonds is 4. The Balaban J connectivity index is 2.05. The number of pyridine rings is 1. The van der Waals surface area contributed by atoms with Gasteiger partial charge in [-0.3, -0.25) is 4.79 Å². The third kappa shape index (κ3) is 4.17. The van der Waals surface area contributed by atoms with Gasteiger partial charge in [-0.1, -0.05) is 0 Å². The average molecular weight is 327 g/mol. The monoisotopic (exact) mass is 327 g/mol. The molecule has 0 radical (unpaired) electrons. The summed E-state index contributed by atoms with van der Waals surface area (Å²) in [7, 11) is 0.254. The van der Waals surface area contributed by atoms with E-state index in [0.717, 1.165) is 5.56 Å². The Labute approximate surface area is 130 Å². The number of sulfone groups is 1. The minimum atomic E-state index is -3.06. The molecule has 7 nitrogen and oxygen atoms in total. The zero-order valence-electron chi connectivity index (χ0n) is 13.0. The summed E-state index contributed by atoms with van der Waals surface area (Å²) in [6.45, 7) is 2.32. The number of hydrogen-bond acceptors (Lipinski definition) is 6. The van der Waals surface area contributed by atoms with Crippen LogP contribution in [0.3, 0.4) is 0 Å². The van der Waals surface area contributed by atoms with Crippen molar-refractivity contribution in [1.82, 2.24) is 9.88 Å². The molecule has 1 N–H and O–H groups in total. The molecule has 2 heterocycles. The molecule has 0 aromatic carbocycles. The summed E-state index contributed by atoms with van der Waals surface area (Å²) in [4.78, 5) is 18.2. The molecule has 122 valence electrons. The zero-order chi connectivity index (χ0) is 16.3. The minimum absolute atomic E-state index is 0.0140. The third-order valence-electron chi connectivity index (χ3n) is 3.70. The second-order valence-corrected chi connectivity index (χ2v) is 7.80. The first-order valence-corrected chi connectivity index (χ1v) is 8.84. The highest BCUT2D eigenvalue weighted by Gasteiger charge is 2.30. The SMILES string of the molecule is COc1ncc(C)cc1NC(=O)CC1CS(=O)(=O)CCN1C. The summed E-state index contributed by atoms with van der Waals surface area (Å²) >= 11 is 0. The van der Waals surface area contributed by atoms with Gasteiger partial charge in [0.15, 0.2) is 9.84 Å². The van der Waals surface area contributed by atoms with Gasteiger partial charge in [-0.2, -0.15) is 0 Å². The Hall–Kier alpha value is -1.67. The lowest BCUT2D eigenvalue weighted by atomic mass is 10.2. The molecule has 1 atom stereocenters. The molecule has 0 aliphatic carbocycles. The van der Waals surface area contributed by atoms with Gasteiger partial charge in [-0.25, -0.2) is 13.4 Å². The van der Waals surface area contributed by atoms with Gasteiger partial charge < -0.3 is 15.0 Å². The van der Waals surface area contributed by atoms with Crippen LogP contribution in [0.1, 0.15) is 12.0 Å². The van der Waals surface area contributed by atoms with E-state index in [9.17, 15) is 13.2 Å². The number of amides is 1. The average Bonchev–Trinajstić information content (AvgIpc) is 2.43. The molecule has 1 saturated heterocycles. The maximum absolute atomic E-state index is 12.2. The van der Waals surface area contributed by atoms with Crippen molar-refractivity contribution in [2.75, 3.05) is 37.5 Å². The van der Waals surface area contributed by atoms with Crippen molar-refractivity contribution in [1.29, 1.82) is 0 Å². The largest absolute Gasteiger partial charge is 0.480 e. The number of aromatic nitrogens is 1. The van der Waals surface area contributed by atoms with Crippen LogP contribution >= 0.6 is 0 Å². The van der Waals surface area contributed by atoms with E-state index in [2.05, 4.69) is 10.3 Å². The summed E-state index contributed by atoms with van der Waals surface area (Å²) in [6.07, 6.45) is 1.77. The van der Waals surface area contributed by atoms with E-state index in [1.807, 2.05) is 18.9 Å². The highest BCUT2D eigenvalue weighted by molar-refractivity contribution is 7.91. The molecule has 2 rings (SSSR count). The van der Waals surface area contributed by atoms with Crippen LogP contribution < -0.4 is 10.1 Å². The van der Waals surface area contributed by atoms with Crippen LogP contribution in [0.25, 0.3) is 0 Å². The van der Waals surface area contributed by atoms with Crippen LogP contribution in [-0.4, -0.2) is 62.5 Å². The van der Waals surface area contributed by atoms with Crippen LogP contribution in [0, 0.1) is 6.92 Å². The Bertz CT molecular complexity index is 660. The number of nitrogens with one attached hydrogen (secondary N) is 1. The zero-order valence-corrected chi connectivity index (χ0v) is 13.8. The molecule has 22 heavy (non-hydrogen) atoms. The summed E-state index contributed by atoms with van der Waals surface area (Å²) in [5.41, 5.74) is 1.39. The van der Waals surface area contributed by atoms with Crippen LogP contribution in [0.15, 0.2) is 12.3 Å². The van der Waals surface area contributed by atoms with Gasteiger partial charge in [0.1, 0.15) is 5.69 Å².